The predicted molar refractivity (Wildman–Crippen MR) is 92.4 cm³/mol. The molecule has 2 rings (SSSR count). The average Bonchev–Trinajstić information content (AvgIpc) is 2.53. The van der Waals surface area contributed by atoms with Crippen LogP contribution in [-0.4, -0.2) is 13.2 Å². The van der Waals surface area contributed by atoms with Crippen LogP contribution < -0.4 is 0 Å². The maximum atomic E-state index is 5.92. The molecule has 0 amide bonds. The molecule has 0 atom stereocenters. The van der Waals surface area contributed by atoms with Gasteiger partial charge in [-0.2, -0.15) is 0 Å². The van der Waals surface area contributed by atoms with E-state index in [1.807, 2.05) is 13.8 Å². The van der Waals surface area contributed by atoms with Crippen molar-refractivity contribution in [1.82, 2.24) is 0 Å². The lowest BCUT2D eigenvalue weighted by molar-refractivity contribution is 0.261. The van der Waals surface area contributed by atoms with Crippen LogP contribution in [0.2, 0.25) is 0 Å². The molecular weight excluding hydrogens is 272 g/mol. The highest BCUT2D eigenvalue weighted by molar-refractivity contribution is 5.84. The third kappa shape index (κ3) is 3.91. The van der Waals surface area contributed by atoms with Gasteiger partial charge in [-0.05, 0) is 27.7 Å². The average molecular weight is 296 g/mol. The molecule has 0 aliphatic rings. The lowest BCUT2D eigenvalue weighted by Gasteiger charge is -2.17. The van der Waals surface area contributed by atoms with Gasteiger partial charge >= 0.3 is 0 Å². The minimum absolute atomic E-state index is 0.603. The van der Waals surface area contributed by atoms with Crippen molar-refractivity contribution in [1.29, 1.82) is 0 Å². The van der Waals surface area contributed by atoms with Crippen molar-refractivity contribution in [3.05, 3.63) is 70.8 Å². The minimum Gasteiger partial charge on any atom is -0.489 e. The summed E-state index contributed by atoms with van der Waals surface area (Å²) >= 11 is 0. The highest BCUT2D eigenvalue weighted by Gasteiger charge is 2.14. The van der Waals surface area contributed by atoms with E-state index in [2.05, 4.69) is 62.4 Å². The number of ether oxygens (including phenoxy) is 2. The number of benzene rings is 2. The smallest absolute Gasteiger partial charge is 0.168 e. The molecule has 0 saturated carbocycles. The quantitative estimate of drug-likeness (QED) is 0.538. The van der Waals surface area contributed by atoms with Crippen LogP contribution >= 0.6 is 0 Å². The Morgan fingerprint density at radius 3 is 1.23 bits per heavy atom. The second-order valence-electron chi connectivity index (χ2n) is 5.26. The van der Waals surface area contributed by atoms with Crippen LogP contribution in [0, 0.1) is 13.8 Å². The van der Waals surface area contributed by atoms with E-state index in [-0.39, 0.29) is 0 Å². The molecule has 22 heavy (non-hydrogen) atoms. The van der Waals surface area contributed by atoms with E-state index in [1.54, 1.807) is 0 Å². The minimum atomic E-state index is 0.603. The van der Waals surface area contributed by atoms with E-state index >= 15 is 0 Å². The standard InChI is InChI=1S/C20H24O2/c1-5-21-19(17-11-7-15(3)8-12-17)20(22-6-2)18-13-9-16(4)10-14-18/h7-14H,5-6H2,1-4H3/b20-19+. The lowest BCUT2D eigenvalue weighted by Crippen LogP contribution is -2.01. The molecule has 0 bridgehead atoms. The van der Waals surface area contributed by atoms with Gasteiger partial charge in [-0.1, -0.05) is 59.7 Å². The van der Waals surface area contributed by atoms with Crippen molar-refractivity contribution in [3.8, 4) is 0 Å². The molecule has 0 spiro atoms. The number of hydrogen-bond acceptors (Lipinski definition) is 2. The number of rotatable bonds is 6. The van der Waals surface area contributed by atoms with Gasteiger partial charge in [-0.25, -0.2) is 0 Å². The van der Waals surface area contributed by atoms with E-state index in [4.69, 9.17) is 9.47 Å². The first kappa shape index (κ1) is 16.2. The van der Waals surface area contributed by atoms with Crippen molar-refractivity contribution in [3.63, 3.8) is 0 Å². The van der Waals surface area contributed by atoms with E-state index in [9.17, 15) is 0 Å². The zero-order valence-electron chi connectivity index (χ0n) is 13.8. The summed E-state index contributed by atoms with van der Waals surface area (Å²) in [7, 11) is 0. The van der Waals surface area contributed by atoms with E-state index in [0.29, 0.717) is 13.2 Å². The first-order chi connectivity index (χ1) is 10.7. The number of aryl methyl sites for hydroxylation is 2. The third-order valence-corrected chi connectivity index (χ3v) is 3.41. The molecule has 0 N–H and O–H groups in total. The lowest BCUT2D eigenvalue weighted by atomic mass is 10.1. The number of hydrogen-bond donors (Lipinski definition) is 0. The van der Waals surface area contributed by atoms with Crippen LogP contribution in [0.25, 0.3) is 11.5 Å². The monoisotopic (exact) mass is 296 g/mol. The Morgan fingerprint density at radius 1 is 0.636 bits per heavy atom. The molecule has 2 aromatic rings. The Labute approximate surface area is 133 Å². The van der Waals surface area contributed by atoms with Crippen molar-refractivity contribution in [2.45, 2.75) is 27.7 Å². The van der Waals surface area contributed by atoms with Gasteiger partial charge < -0.3 is 9.47 Å². The normalized spacial score (nSPS) is 11.8. The topological polar surface area (TPSA) is 18.5 Å². The Balaban J connectivity index is 2.55. The molecule has 0 unspecified atom stereocenters. The maximum Gasteiger partial charge on any atom is 0.168 e. The fraction of sp³-hybridized carbons (Fsp3) is 0.300. The summed E-state index contributed by atoms with van der Waals surface area (Å²) < 4.78 is 11.8. The van der Waals surface area contributed by atoms with E-state index in [0.717, 1.165) is 22.6 Å². The highest BCUT2D eigenvalue weighted by atomic mass is 16.5. The van der Waals surface area contributed by atoms with Gasteiger partial charge in [0, 0.05) is 11.1 Å². The van der Waals surface area contributed by atoms with Gasteiger partial charge in [-0.3, -0.25) is 0 Å². The first-order valence-electron chi connectivity index (χ1n) is 7.79. The summed E-state index contributed by atoms with van der Waals surface area (Å²) in [5, 5.41) is 0. The fourth-order valence-electron chi connectivity index (χ4n) is 2.26. The molecule has 116 valence electrons. The predicted octanol–water partition coefficient (Wildman–Crippen LogP) is 5.20. The van der Waals surface area contributed by atoms with Gasteiger partial charge in [0.05, 0.1) is 13.2 Å². The summed E-state index contributed by atoms with van der Waals surface area (Å²) in [5.74, 6) is 1.60. The van der Waals surface area contributed by atoms with Gasteiger partial charge in [0.15, 0.2) is 11.5 Å². The molecule has 2 nitrogen and oxygen atoms in total. The highest BCUT2D eigenvalue weighted by Crippen LogP contribution is 2.29. The largest absolute Gasteiger partial charge is 0.489 e. The summed E-state index contributed by atoms with van der Waals surface area (Å²) in [6, 6.07) is 16.7. The van der Waals surface area contributed by atoms with Crippen molar-refractivity contribution >= 4 is 11.5 Å². The van der Waals surface area contributed by atoms with Crippen molar-refractivity contribution in [2.75, 3.05) is 13.2 Å². The summed E-state index contributed by atoms with van der Waals surface area (Å²) in [4.78, 5) is 0. The van der Waals surface area contributed by atoms with E-state index in [1.165, 1.54) is 11.1 Å². The van der Waals surface area contributed by atoms with Crippen LogP contribution in [0.15, 0.2) is 48.5 Å². The summed E-state index contributed by atoms with van der Waals surface area (Å²) in [5.41, 5.74) is 4.54. The molecule has 2 aromatic carbocycles. The van der Waals surface area contributed by atoms with Gasteiger partial charge in [0.1, 0.15) is 0 Å². The van der Waals surface area contributed by atoms with Crippen molar-refractivity contribution < 1.29 is 9.47 Å². The molecule has 0 aliphatic carbocycles. The SMILES string of the molecule is CCO/C(=C(/OCC)c1ccc(C)cc1)c1ccc(C)cc1. The molecule has 0 aliphatic heterocycles. The Hall–Kier alpha value is -2.22. The molecule has 0 saturated heterocycles. The van der Waals surface area contributed by atoms with Crippen molar-refractivity contribution in [2.24, 2.45) is 0 Å². The molecule has 0 aromatic heterocycles. The Kier molecular flexibility index (Phi) is 5.65. The Morgan fingerprint density at radius 2 is 0.955 bits per heavy atom. The van der Waals surface area contributed by atoms with Crippen LogP contribution in [0.1, 0.15) is 36.1 Å². The maximum absolute atomic E-state index is 5.92. The summed E-state index contributed by atoms with van der Waals surface area (Å²) in [6.45, 7) is 9.35. The molecule has 0 heterocycles. The second-order valence-corrected chi connectivity index (χ2v) is 5.26. The van der Waals surface area contributed by atoms with E-state index < -0.39 is 0 Å². The Bertz CT molecular complexity index is 564. The van der Waals surface area contributed by atoms with Gasteiger partial charge in [0.2, 0.25) is 0 Å². The second kappa shape index (κ2) is 7.69. The molecule has 0 radical (unpaired) electrons. The molecule has 2 heteroatoms. The van der Waals surface area contributed by atoms with Crippen LogP contribution in [0.3, 0.4) is 0 Å². The zero-order chi connectivity index (χ0) is 15.9. The van der Waals surface area contributed by atoms with Crippen LogP contribution in [0.4, 0.5) is 0 Å². The first-order valence-corrected chi connectivity index (χ1v) is 7.79. The molecule has 0 fully saturated rings. The van der Waals surface area contributed by atoms with Gasteiger partial charge in [-0.15, -0.1) is 0 Å². The fourth-order valence-corrected chi connectivity index (χ4v) is 2.26. The molecular formula is C20H24O2. The summed E-state index contributed by atoms with van der Waals surface area (Å²) in [6.07, 6.45) is 0. The third-order valence-electron chi connectivity index (χ3n) is 3.41. The van der Waals surface area contributed by atoms with Crippen LogP contribution in [0.5, 0.6) is 0 Å². The van der Waals surface area contributed by atoms with Gasteiger partial charge in [0.25, 0.3) is 0 Å². The zero-order valence-corrected chi connectivity index (χ0v) is 13.8. The van der Waals surface area contributed by atoms with Crippen LogP contribution in [-0.2, 0) is 9.47 Å².